The lowest BCUT2D eigenvalue weighted by Gasteiger charge is -2.58. The molecule has 7 nitrogen and oxygen atoms in total. The number of carbonyl (C=O) groups excluding carboxylic acids is 2. The van der Waals surface area contributed by atoms with E-state index >= 15 is 0 Å². The third-order valence-electron chi connectivity index (χ3n) is 8.63. The number of carboxylic acid groups (broad SMARTS) is 1. The molecule has 2 bridgehead atoms. The van der Waals surface area contributed by atoms with E-state index < -0.39 is 12.1 Å². The van der Waals surface area contributed by atoms with Crippen molar-refractivity contribution in [2.24, 2.45) is 16.7 Å². The molecule has 0 saturated carbocycles. The van der Waals surface area contributed by atoms with Gasteiger partial charge in [0.25, 0.3) is 0 Å². The first-order chi connectivity index (χ1) is 16.6. The minimum atomic E-state index is -0.884. The van der Waals surface area contributed by atoms with Gasteiger partial charge in [0.05, 0.1) is 0 Å². The van der Waals surface area contributed by atoms with Gasteiger partial charge in [-0.3, -0.25) is 9.59 Å². The fourth-order valence-corrected chi connectivity index (χ4v) is 6.51. The summed E-state index contributed by atoms with van der Waals surface area (Å²) >= 11 is 0. The third kappa shape index (κ3) is 4.15. The van der Waals surface area contributed by atoms with E-state index in [0.717, 1.165) is 22.8 Å². The molecule has 3 fully saturated rings. The van der Waals surface area contributed by atoms with E-state index in [1.54, 1.807) is 4.90 Å². The maximum absolute atomic E-state index is 13.9. The minimum Gasteiger partial charge on any atom is -0.465 e. The van der Waals surface area contributed by atoms with Gasteiger partial charge in [0, 0.05) is 44.6 Å². The Morgan fingerprint density at radius 3 is 2.46 bits per heavy atom. The Morgan fingerprint density at radius 1 is 1.03 bits per heavy atom. The van der Waals surface area contributed by atoms with Gasteiger partial charge in [0.15, 0.2) is 0 Å². The molecule has 0 spiro atoms. The molecular weight excluding hydrogens is 442 g/mol. The van der Waals surface area contributed by atoms with Crippen LogP contribution in [0.2, 0.25) is 0 Å². The Kier molecular flexibility index (Phi) is 5.77. The van der Waals surface area contributed by atoms with E-state index in [9.17, 15) is 19.5 Å². The summed E-state index contributed by atoms with van der Waals surface area (Å²) in [6.45, 7) is 8.84. The van der Waals surface area contributed by atoms with Crippen molar-refractivity contribution < 1.29 is 19.5 Å². The van der Waals surface area contributed by atoms with Crippen LogP contribution in [0.3, 0.4) is 0 Å². The number of rotatable bonds is 3. The number of nitrogens with zero attached hydrogens (tertiary/aromatic N) is 3. The highest BCUT2D eigenvalue weighted by Gasteiger charge is 2.54. The number of fused-ring (bicyclic) bond motifs is 3. The molecule has 35 heavy (non-hydrogen) atoms. The molecule has 7 heteroatoms. The van der Waals surface area contributed by atoms with E-state index in [2.05, 4.69) is 39.0 Å². The summed E-state index contributed by atoms with van der Waals surface area (Å²) in [7, 11) is 0. The summed E-state index contributed by atoms with van der Waals surface area (Å²) in [4.78, 5) is 43.9. The van der Waals surface area contributed by atoms with E-state index in [4.69, 9.17) is 0 Å². The molecule has 3 amide bonds. The molecule has 3 unspecified atom stereocenters. The molecule has 5 rings (SSSR count). The van der Waals surface area contributed by atoms with Gasteiger partial charge < -0.3 is 19.8 Å². The Hall–Kier alpha value is -3.09. The summed E-state index contributed by atoms with van der Waals surface area (Å²) in [5, 5.41) is 11.9. The lowest BCUT2D eigenvalue weighted by molar-refractivity contribution is -0.152. The summed E-state index contributed by atoms with van der Waals surface area (Å²) in [5.74, 6) is 0.148. The van der Waals surface area contributed by atoms with Crippen molar-refractivity contribution >= 4 is 28.7 Å². The summed E-state index contributed by atoms with van der Waals surface area (Å²) in [6, 6.07) is 13.8. The maximum atomic E-state index is 13.9. The fourth-order valence-electron chi connectivity index (χ4n) is 6.51. The van der Waals surface area contributed by atoms with Gasteiger partial charge in [-0.05, 0) is 40.5 Å². The number of hydrogen-bond acceptors (Lipinski definition) is 3. The number of likely N-dealkylation sites (tertiary alicyclic amines) is 3. The van der Waals surface area contributed by atoms with Crippen LogP contribution in [-0.2, 0) is 16.1 Å². The van der Waals surface area contributed by atoms with Crippen molar-refractivity contribution in [3.05, 3.63) is 48.0 Å². The quantitative estimate of drug-likeness (QED) is 0.718. The number of amides is 3. The van der Waals surface area contributed by atoms with Gasteiger partial charge in [-0.25, -0.2) is 4.79 Å². The van der Waals surface area contributed by atoms with Crippen LogP contribution < -0.4 is 0 Å². The van der Waals surface area contributed by atoms with Gasteiger partial charge in [0.2, 0.25) is 11.8 Å². The Balaban J connectivity index is 1.40. The standard InChI is InChI=1S/C28H35N3O4/c1-27(2,3)28-13-19(15-30(18-28)26(34)35)14-29(17-28)25(33)23-11-12-24(32)31(23)16-21-9-6-8-20-7-4-5-10-22(20)21/h4-10,19,23H,11-18H2,1-3H3,(H,34,35). The van der Waals surface area contributed by atoms with E-state index in [-0.39, 0.29) is 28.6 Å². The molecule has 0 aromatic heterocycles. The molecule has 186 valence electrons. The largest absolute Gasteiger partial charge is 0.465 e. The molecule has 3 aliphatic rings. The summed E-state index contributed by atoms with van der Waals surface area (Å²) in [5.41, 5.74) is 0.590. The van der Waals surface area contributed by atoms with Gasteiger partial charge in [-0.2, -0.15) is 0 Å². The topological polar surface area (TPSA) is 81.2 Å². The van der Waals surface area contributed by atoms with Gasteiger partial charge >= 0.3 is 6.09 Å². The SMILES string of the molecule is CC(C)(C)C12CC(CN(C(=O)O)C1)CN(C(=O)C1CCC(=O)N1Cc1cccc3ccccc13)C2. The first-order valence-corrected chi connectivity index (χ1v) is 12.6. The lowest BCUT2D eigenvalue weighted by Crippen LogP contribution is -2.65. The second-order valence-corrected chi connectivity index (χ2v) is 11.7. The predicted octanol–water partition coefficient (Wildman–Crippen LogP) is 4.21. The monoisotopic (exact) mass is 477 g/mol. The van der Waals surface area contributed by atoms with Crippen LogP contribution in [0.4, 0.5) is 4.79 Å². The van der Waals surface area contributed by atoms with Crippen molar-refractivity contribution in [3.63, 3.8) is 0 Å². The normalized spacial score (nSPS) is 26.9. The van der Waals surface area contributed by atoms with Crippen LogP contribution in [-0.4, -0.2) is 69.9 Å². The fraction of sp³-hybridized carbons (Fsp3) is 0.536. The number of hydrogen-bond donors (Lipinski definition) is 1. The second-order valence-electron chi connectivity index (χ2n) is 11.7. The highest BCUT2D eigenvalue weighted by atomic mass is 16.4. The van der Waals surface area contributed by atoms with Gasteiger partial charge in [-0.1, -0.05) is 63.2 Å². The van der Waals surface area contributed by atoms with Crippen LogP contribution in [0.15, 0.2) is 42.5 Å². The van der Waals surface area contributed by atoms with E-state index in [0.29, 0.717) is 45.6 Å². The first kappa shape index (κ1) is 23.6. The zero-order valence-electron chi connectivity index (χ0n) is 20.9. The summed E-state index contributed by atoms with van der Waals surface area (Å²) < 4.78 is 0. The minimum absolute atomic E-state index is 0.0122. The van der Waals surface area contributed by atoms with Crippen molar-refractivity contribution in [2.75, 3.05) is 26.2 Å². The molecule has 1 N–H and O–H groups in total. The van der Waals surface area contributed by atoms with Crippen molar-refractivity contribution in [1.82, 2.24) is 14.7 Å². The van der Waals surface area contributed by atoms with Crippen molar-refractivity contribution in [2.45, 2.75) is 52.6 Å². The average Bonchev–Trinajstić information content (AvgIpc) is 3.17. The highest BCUT2D eigenvalue weighted by molar-refractivity contribution is 5.92. The van der Waals surface area contributed by atoms with Crippen LogP contribution in [0.25, 0.3) is 10.8 Å². The Labute approximate surface area is 206 Å². The molecule has 2 aromatic carbocycles. The highest BCUT2D eigenvalue weighted by Crippen LogP contribution is 2.50. The number of carbonyl (C=O) groups is 3. The second kappa shape index (κ2) is 8.54. The van der Waals surface area contributed by atoms with Crippen LogP contribution in [0, 0.1) is 16.7 Å². The van der Waals surface area contributed by atoms with E-state index in [1.165, 1.54) is 4.90 Å². The smallest absolute Gasteiger partial charge is 0.407 e. The van der Waals surface area contributed by atoms with E-state index in [1.807, 2.05) is 29.2 Å². The molecule has 3 aliphatic heterocycles. The Morgan fingerprint density at radius 2 is 1.71 bits per heavy atom. The zero-order valence-corrected chi connectivity index (χ0v) is 20.9. The van der Waals surface area contributed by atoms with Gasteiger partial charge in [-0.15, -0.1) is 0 Å². The molecule has 3 saturated heterocycles. The number of piperidine rings is 2. The molecular formula is C28H35N3O4. The van der Waals surface area contributed by atoms with Crippen LogP contribution in [0.5, 0.6) is 0 Å². The maximum Gasteiger partial charge on any atom is 0.407 e. The average molecular weight is 478 g/mol. The summed E-state index contributed by atoms with van der Waals surface area (Å²) in [6.07, 6.45) is 0.960. The first-order valence-electron chi connectivity index (χ1n) is 12.6. The molecule has 3 heterocycles. The zero-order chi connectivity index (χ0) is 25.0. The molecule has 0 radical (unpaired) electrons. The molecule has 2 aromatic rings. The Bertz CT molecular complexity index is 1170. The van der Waals surface area contributed by atoms with Crippen molar-refractivity contribution in [1.29, 1.82) is 0 Å². The molecule has 3 atom stereocenters. The predicted molar refractivity (Wildman–Crippen MR) is 134 cm³/mol. The van der Waals surface area contributed by atoms with Crippen molar-refractivity contribution in [3.8, 4) is 0 Å². The lowest BCUT2D eigenvalue weighted by atomic mass is 9.58. The van der Waals surface area contributed by atoms with Crippen LogP contribution in [0.1, 0.15) is 45.6 Å². The van der Waals surface area contributed by atoms with Crippen LogP contribution >= 0.6 is 0 Å². The molecule has 0 aliphatic carbocycles. The number of benzene rings is 2. The van der Waals surface area contributed by atoms with Gasteiger partial charge in [0.1, 0.15) is 6.04 Å². The third-order valence-corrected chi connectivity index (χ3v) is 8.63.